The predicted octanol–water partition coefficient (Wildman–Crippen LogP) is 1.98. The molecule has 0 bridgehead atoms. The Labute approximate surface area is 151 Å². The van der Waals surface area contributed by atoms with E-state index in [0.29, 0.717) is 13.1 Å². The highest BCUT2D eigenvalue weighted by atomic mass is 16.6. The number of carbonyl (C=O) groups is 2. The summed E-state index contributed by atoms with van der Waals surface area (Å²) < 4.78 is 11.4. The van der Waals surface area contributed by atoms with Crippen molar-refractivity contribution in [2.45, 2.75) is 65.0 Å². The Kier molecular flexibility index (Phi) is 7.02. The lowest BCUT2D eigenvalue weighted by Gasteiger charge is -2.35. The van der Waals surface area contributed by atoms with Gasteiger partial charge in [-0.1, -0.05) is 6.08 Å². The van der Waals surface area contributed by atoms with Crippen molar-refractivity contribution in [1.82, 2.24) is 15.1 Å². The van der Waals surface area contributed by atoms with E-state index >= 15 is 0 Å². The molecule has 2 atom stereocenters. The summed E-state index contributed by atoms with van der Waals surface area (Å²) in [7, 11) is 3.86. The number of nitrogens with zero attached hydrogens (tertiary/aromatic N) is 2. The lowest BCUT2D eigenvalue weighted by Crippen LogP contribution is -2.53. The monoisotopic (exact) mass is 355 g/mol. The minimum atomic E-state index is -0.794. The molecule has 2 unspecified atom stereocenters. The van der Waals surface area contributed by atoms with Gasteiger partial charge >= 0.3 is 6.09 Å². The van der Waals surface area contributed by atoms with Crippen LogP contribution in [0.2, 0.25) is 0 Å². The van der Waals surface area contributed by atoms with Crippen LogP contribution in [0.25, 0.3) is 0 Å². The number of amides is 2. The molecule has 0 aromatic heterocycles. The fraction of sp³-hybridized carbons (Fsp3) is 0.778. The number of likely N-dealkylation sites (N-methyl/N-ethyl adjacent to an activating group) is 1. The topological polar surface area (TPSA) is 71.1 Å². The van der Waals surface area contributed by atoms with Gasteiger partial charge in [-0.2, -0.15) is 0 Å². The molecule has 0 radical (unpaired) electrons. The van der Waals surface area contributed by atoms with Crippen LogP contribution < -0.4 is 5.32 Å². The molecule has 1 saturated heterocycles. The summed E-state index contributed by atoms with van der Waals surface area (Å²) in [5.41, 5.74) is -1.39. The molecule has 1 rings (SSSR count). The molecule has 1 fully saturated rings. The van der Waals surface area contributed by atoms with Gasteiger partial charge in [0.25, 0.3) is 0 Å². The summed E-state index contributed by atoms with van der Waals surface area (Å²) in [6.07, 6.45) is 2.64. The summed E-state index contributed by atoms with van der Waals surface area (Å²) in [5.74, 6) is -0.192. The highest BCUT2D eigenvalue weighted by Gasteiger charge is 2.49. The molecule has 1 aliphatic rings. The zero-order chi connectivity index (χ0) is 19.4. The third kappa shape index (κ3) is 6.66. The van der Waals surface area contributed by atoms with Crippen molar-refractivity contribution in [1.29, 1.82) is 0 Å². The number of hydrogen-bond donors (Lipinski definition) is 1. The van der Waals surface area contributed by atoms with E-state index in [1.54, 1.807) is 11.0 Å². The fourth-order valence-corrected chi connectivity index (χ4v) is 2.76. The van der Waals surface area contributed by atoms with Gasteiger partial charge in [-0.25, -0.2) is 4.79 Å². The van der Waals surface area contributed by atoms with Crippen LogP contribution in [0, 0.1) is 0 Å². The van der Waals surface area contributed by atoms with E-state index in [2.05, 4.69) is 5.32 Å². The number of ether oxygens (including phenoxy) is 2. The quantitative estimate of drug-likeness (QED) is 0.764. The third-order valence-corrected chi connectivity index (χ3v) is 3.74. The lowest BCUT2D eigenvalue weighted by molar-refractivity contribution is -0.116. The summed E-state index contributed by atoms with van der Waals surface area (Å²) in [6, 6.07) is -0.295. The minimum absolute atomic E-state index is 0.192. The van der Waals surface area contributed by atoms with Crippen LogP contribution in [0.5, 0.6) is 0 Å². The Morgan fingerprint density at radius 1 is 1.32 bits per heavy atom. The number of rotatable bonds is 5. The van der Waals surface area contributed by atoms with Gasteiger partial charge in [-0.05, 0) is 55.6 Å². The number of hydrogen-bond acceptors (Lipinski definition) is 5. The smallest absolute Gasteiger partial charge is 0.412 e. The number of carbonyl (C=O) groups excluding carboxylic acids is 2. The summed E-state index contributed by atoms with van der Waals surface area (Å²) in [6.45, 7) is 12.0. The van der Waals surface area contributed by atoms with Crippen molar-refractivity contribution in [2.24, 2.45) is 0 Å². The maximum absolute atomic E-state index is 12.6. The van der Waals surface area contributed by atoms with E-state index in [1.807, 2.05) is 60.5 Å². The summed E-state index contributed by atoms with van der Waals surface area (Å²) >= 11 is 0. The first-order chi connectivity index (χ1) is 11.3. The first kappa shape index (κ1) is 21.4. The second kappa shape index (κ2) is 8.19. The van der Waals surface area contributed by atoms with E-state index < -0.39 is 17.4 Å². The van der Waals surface area contributed by atoms with Crippen LogP contribution in [-0.4, -0.2) is 72.5 Å². The fourth-order valence-electron chi connectivity index (χ4n) is 2.76. The Morgan fingerprint density at radius 2 is 1.92 bits per heavy atom. The molecular weight excluding hydrogens is 322 g/mol. The minimum Gasteiger partial charge on any atom is -0.444 e. The van der Waals surface area contributed by atoms with E-state index in [1.165, 1.54) is 6.08 Å². The van der Waals surface area contributed by atoms with Gasteiger partial charge in [0, 0.05) is 19.2 Å². The number of nitrogens with one attached hydrogen (secondary N) is 1. The predicted molar refractivity (Wildman–Crippen MR) is 97.2 cm³/mol. The van der Waals surface area contributed by atoms with Crippen LogP contribution in [0.4, 0.5) is 4.79 Å². The SMILES string of the molecule is CC1OC(C)(C)N(C(=O)OC(C)(C)C)C1CNC(=O)/C=C/CN(C)C. The zero-order valence-electron chi connectivity index (χ0n) is 16.8. The molecule has 7 nitrogen and oxygen atoms in total. The Morgan fingerprint density at radius 3 is 2.44 bits per heavy atom. The molecule has 1 heterocycles. The summed E-state index contributed by atoms with van der Waals surface area (Å²) in [5, 5.41) is 2.84. The lowest BCUT2D eigenvalue weighted by atomic mass is 10.1. The van der Waals surface area contributed by atoms with Crippen LogP contribution in [0.1, 0.15) is 41.5 Å². The average molecular weight is 355 g/mol. The van der Waals surface area contributed by atoms with Crippen molar-refractivity contribution in [2.75, 3.05) is 27.2 Å². The Hall–Kier alpha value is -1.60. The van der Waals surface area contributed by atoms with E-state index in [-0.39, 0.29) is 18.1 Å². The van der Waals surface area contributed by atoms with Gasteiger partial charge in [0.15, 0.2) is 0 Å². The molecule has 0 saturated carbocycles. The van der Waals surface area contributed by atoms with Gasteiger partial charge in [-0.15, -0.1) is 0 Å². The molecule has 0 aromatic rings. The van der Waals surface area contributed by atoms with Crippen molar-refractivity contribution in [3.63, 3.8) is 0 Å². The molecule has 0 aliphatic carbocycles. The molecule has 25 heavy (non-hydrogen) atoms. The molecule has 1 N–H and O–H groups in total. The maximum atomic E-state index is 12.6. The van der Waals surface area contributed by atoms with Crippen molar-refractivity contribution >= 4 is 12.0 Å². The van der Waals surface area contributed by atoms with Crippen LogP contribution >= 0.6 is 0 Å². The van der Waals surface area contributed by atoms with Gasteiger partial charge in [0.2, 0.25) is 5.91 Å². The van der Waals surface area contributed by atoms with E-state index in [0.717, 1.165) is 0 Å². The first-order valence-electron chi connectivity index (χ1n) is 8.63. The largest absolute Gasteiger partial charge is 0.444 e. The average Bonchev–Trinajstić information content (AvgIpc) is 2.62. The molecule has 144 valence electrons. The van der Waals surface area contributed by atoms with E-state index in [4.69, 9.17) is 9.47 Å². The van der Waals surface area contributed by atoms with Gasteiger partial charge < -0.3 is 19.7 Å². The molecule has 2 amide bonds. The van der Waals surface area contributed by atoms with Gasteiger partial charge in [0.1, 0.15) is 11.3 Å². The van der Waals surface area contributed by atoms with Crippen molar-refractivity contribution < 1.29 is 19.1 Å². The second-order valence-electron chi connectivity index (χ2n) is 8.10. The van der Waals surface area contributed by atoms with Crippen LogP contribution in [-0.2, 0) is 14.3 Å². The normalized spacial score (nSPS) is 23.3. The zero-order valence-corrected chi connectivity index (χ0v) is 16.8. The third-order valence-electron chi connectivity index (χ3n) is 3.74. The first-order valence-corrected chi connectivity index (χ1v) is 8.63. The van der Waals surface area contributed by atoms with Gasteiger partial charge in [0.05, 0.1) is 12.1 Å². The molecule has 0 aromatic carbocycles. The molecule has 1 aliphatic heterocycles. The van der Waals surface area contributed by atoms with Crippen LogP contribution in [0.15, 0.2) is 12.2 Å². The highest BCUT2D eigenvalue weighted by Crippen LogP contribution is 2.33. The summed E-state index contributed by atoms with van der Waals surface area (Å²) in [4.78, 5) is 28.1. The van der Waals surface area contributed by atoms with Crippen molar-refractivity contribution in [3.05, 3.63) is 12.2 Å². The Bertz CT molecular complexity index is 509. The standard InChI is InChI=1S/C18H33N3O4/c1-13-14(12-19-15(22)10-9-11-20(7)8)21(18(5,6)24-13)16(23)25-17(2,3)4/h9-10,13-14H,11-12H2,1-8H3,(H,19,22)/b10-9+. The van der Waals surface area contributed by atoms with E-state index in [9.17, 15) is 9.59 Å². The Balaban J connectivity index is 2.76. The second-order valence-corrected chi connectivity index (χ2v) is 8.10. The molecule has 0 spiro atoms. The maximum Gasteiger partial charge on any atom is 0.412 e. The van der Waals surface area contributed by atoms with Crippen molar-refractivity contribution in [3.8, 4) is 0 Å². The molecular formula is C18H33N3O4. The molecule has 7 heteroatoms. The van der Waals surface area contributed by atoms with Crippen LogP contribution in [0.3, 0.4) is 0 Å². The van der Waals surface area contributed by atoms with Gasteiger partial charge in [-0.3, -0.25) is 9.69 Å². The highest BCUT2D eigenvalue weighted by molar-refractivity contribution is 5.87.